The molecule has 0 amide bonds. The molecule has 1 aromatic carbocycles. The molecule has 1 aliphatic heterocycles. The molecule has 0 saturated carbocycles. The van der Waals surface area contributed by atoms with Gasteiger partial charge in [0.2, 0.25) is 0 Å². The van der Waals surface area contributed by atoms with Crippen LogP contribution in [0.25, 0.3) is 0 Å². The average Bonchev–Trinajstić information content (AvgIpc) is 2.60. The van der Waals surface area contributed by atoms with Crippen LogP contribution in [0.15, 0.2) is 12.1 Å². The van der Waals surface area contributed by atoms with Crippen molar-refractivity contribution in [3.63, 3.8) is 0 Å². The molecule has 1 atom stereocenters. The number of benzene rings is 1. The van der Waals surface area contributed by atoms with Gasteiger partial charge in [0.15, 0.2) is 0 Å². The second-order valence-corrected chi connectivity index (χ2v) is 4.90. The van der Waals surface area contributed by atoms with Crippen molar-refractivity contribution in [2.75, 3.05) is 6.54 Å². The minimum atomic E-state index is -0.402. The molecule has 2 rings (SSSR count). The number of hydrogen-bond donors (Lipinski definition) is 1. The summed E-state index contributed by atoms with van der Waals surface area (Å²) >= 11 is 11.8. The second-order valence-electron chi connectivity index (χ2n) is 4.08. The van der Waals surface area contributed by atoms with Crippen LogP contribution in [-0.2, 0) is 5.54 Å². The summed E-state index contributed by atoms with van der Waals surface area (Å²) in [5.74, 6) is -0.402. The highest BCUT2D eigenvalue weighted by atomic mass is 35.5. The summed E-state index contributed by atoms with van der Waals surface area (Å²) in [5.41, 5.74) is 0.112. The van der Waals surface area contributed by atoms with Crippen molar-refractivity contribution in [3.8, 4) is 0 Å². The Labute approximate surface area is 98.6 Å². The van der Waals surface area contributed by atoms with Gasteiger partial charge in [0.1, 0.15) is 5.82 Å². The maximum Gasteiger partial charge on any atom is 0.148 e. The lowest BCUT2D eigenvalue weighted by Gasteiger charge is -2.26. The molecule has 1 aromatic rings. The van der Waals surface area contributed by atoms with Crippen LogP contribution in [0.1, 0.15) is 25.3 Å². The van der Waals surface area contributed by atoms with Gasteiger partial charge in [-0.25, -0.2) is 4.39 Å². The van der Waals surface area contributed by atoms with Crippen molar-refractivity contribution in [1.29, 1.82) is 0 Å². The van der Waals surface area contributed by atoms with E-state index in [1.165, 1.54) is 6.07 Å². The summed E-state index contributed by atoms with van der Waals surface area (Å²) in [6.07, 6.45) is 1.91. The predicted molar refractivity (Wildman–Crippen MR) is 61.0 cm³/mol. The summed E-state index contributed by atoms with van der Waals surface area (Å²) in [6.45, 7) is 2.85. The smallest absolute Gasteiger partial charge is 0.148 e. The Morgan fingerprint density at radius 2 is 2.00 bits per heavy atom. The summed E-state index contributed by atoms with van der Waals surface area (Å²) in [5, 5.41) is 3.84. The molecule has 1 aliphatic rings. The zero-order valence-corrected chi connectivity index (χ0v) is 9.92. The molecule has 0 spiro atoms. The Kier molecular flexibility index (Phi) is 2.93. The lowest BCUT2D eigenvalue weighted by molar-refractivity contribution is 0.411. The summed E-state index contributed by atoms with van der Waals surface area (Å²) < 4.78 is 13.9. The first-order valence-electron chi connectivity index (χ1n) is 4.93. The monoisotopic (exact) mass is 247 g/mol. The zero-order valence-electron chi connectivity index (χ0n) is 8.41. The number of nitrogens with one attached hydrogen (secondary N) is 1. The standard InChI is InChI=1S/C11H12Cl2FN/c1-11(5-2-6-15-11)9-7(12)3-4-8(13)10(9)14/h3-4,15H,2,5-6H2,1H3. The number of hydrogen-bond acceptors (Lipinski definition) is 1. The van der Waals surface area contributed by atoms with Crippen LogP contribution < -0.4 is 5.32 Å². The topological polar surface area (TPSA) is 12.0 Å². The molecule has 1 heterocycles. The lowest BCUT2D eigenvalue weighted by Crippen LogP contribution is -2.34. The van der Waals surface area contributed by atoms with E-state index < -0.39 is 5.82 Å². The van der Waals surface area contributed by atoms with Gasteiger partial charge in [-0.3, -0.25) is 0 Å². The van der Waals surface area contributed by atoms with E-state index >= 15 is 0 Å². The molecule has 0 bridgehead atoms. The molecular weight excluding hydrogens is 236 g/mol. The van der Waals surface area contributed by atoms with Crippen molar-refractivity contribution in [2.45, 2.75) is 25.3 Å². The van der Waals surface area contributed by atoms with Crippen LogP contribution in [0, 0.1) is 5.82 Å². The third-order valence-electron chi connectivity index (χ3n) is 2.96. The van der Waals surface area contributed by atoms with Crippen molar-refractivity contribution in [3.05, 3.63) is 33.6 Å². The molecular formula is C11H12Cl2FN. The van der Waals surface area contributed by atoms with Gasteiger partial charge in [-0.2, -0.15) is 0 Å². The quantitative estimate of drug-likeness (QED) is 0.746. The fraction of sp³-hybridized carbons (Fsp3) is 0.455. The largest absolute Gasteiger partial charge is 0.307 e. The predicted octanol–water partition coefficient (Wildman–Crippen LogP) is 3.73. The molecule has 1 fully saturated rings. The Bertz CT molecular complexity index is 386. The zero-order chi connectivity index (χ0) is 11.1. The summed E-state index contributed by atoms with van der Waals surface area (Å²) in [4.78, 5) is 0. The molecule has 0 radical (unpaired) electrons. The van der Waals surface area contributed by atoms with Crippen LogP contribution in [0.5, 0.6) is 0 Å². The van der Waals surface area contributed by atoms with Crippen LogP contribution in [-0.4, -0.2) is 6.54 Å². The van der Waals surface area contributed by atoms with Crippen molar-refractivity contribution < 1.29 is 4.39 Å². The van der Waals surface area contributed by atoms with Gasteiger partial charge in [-0.05, 0) is 38.4 Å². The SMILES string of the molecule is CC1(c2c(Cl)ccc(Cl)c2F)CCCN1. The molecule has 4 heteroatoms. The van der Waals surface area contributed by atoms with E-state index in [1.54, 1.807) is 6.07 Å². The minimum Gasteiger partial charge on any atom is -0.307 e. The fourth-order valence-corrected chi connectivity index (χ4v) is 2.65. The molecule has 1 nitrogen and oxygen atoms in total. The van der Waals surface area contributed by atoms with E-state index in [-0.39, 0.29) is 10.6 Å². The molecule has 15 heavy (non-hydrogen) atoms. The first-order valence-corrected chi connectivity index (χ1v) is 5.69. The molecule has 1 N–H and O–H groups in total. The molecule has 1 unspecified atom stereocenters. The third kappa shape index (κ3) is 1.86. The second kappa shape index (κ2) is 3.93. The Morgan fingerprint density at radius 3 is 2.60 bits per heavy atom. The van der Waals surface area contributed by atoms with Crippen LogP contribution in [0.2, 0.25) is 10.0 Å². The van der Waals surface area contributed by atoms with E-state index in [4.69, 9.17) is 23.2 Å². The number of rotatable bonds is 1. The lowest BCUT2D eigenvalue weighted by atomic mass is 9.90. The minimum absolute atomic E-state index is 0.129. The normalized spacial score (nSPS) is 25.9. The average molecular weight is 248 g/mol. The van der Waals surface area contributed by atoms with Crippen molar-refractivity contribution in [1.82, 2.24) is 5.32 Å². The highest BCUT2D eigenvalue weighted by molar-refractivity contribution is 6.33. The first-order chi connectivity index (χ1) is 7.04. The summed E-state index contributed by atoms with van der Waals surface area (Å²) in [6, 6.07) is 3.13. The van der Waals surface area contributed by atoms with Gasteiger partial charge < -0.3 is 5.32 Å². The third-order valence-corrected chi connectivity index (χ3v) is 3.57. The van der Waals surface area contributed by atoms with Gasteiger partial charge in [-0.15, -0.1) is 0 Å². The molecule has 0 aromatic heterocycles. The van der Waals surface area contributed by atoms with E-state index in [1.807, 2.05) is 6.92 Å². The fourth-order valence-electron chi connectivity index (χ4n) is 2.14. The van der Waals surface area contributed by atoms with Gasteiger partial charge in [-0.1, -0.05) is 23.2 Å². The van der Waals surface area contributed by atoms with E-state index in [0.29, 0.717) is 10.6 Å². The van der Waals surface area contributed by atoms with Gasteiger partial charge in [0.05, 0.1) is 5.02 Å². The number of halogens is 3. The van der Waals surface area contributed by atoms with E-state index in [0.717, 1.165) is 19.4 Å². The highest BCUT2D eigenvalue weighted by Crippen LogP contribution is 2.38. The van der Waals surface area contributed by atoms with Crippen molar-refractivity contribution >= 4 is 23.2 Å². The molecule has 0 aliphatic carbocycles. The van der Waals surface area contributed by atoms with E-state index in [9.17, 15) is 4.39 Å². The van der Waals surface area contributed by atoms with Crippen LogP contribution in [0.3, 0.4) is 0 Å². The van der Waals surface area contributed by atoms with Gasteiger partial charge in [0, 0.05) is 16.1 Å². The maximum absolute atomic E-state index is 13.9. The Hall–Kier alpha value is -0.310. The van der Waals surface area contributed by atoms with Gasteiger partial charge >= 0.3 is 0 Å². The maximum atomic E-state index is 13.9. The van der Waals surface area contributed by atoms with Crippen LogP contribution in [0.4, 0.5) is 4.39 Å². The first kappa shape index (κ1) is 11.2. The Balaban J connectivity index is 2.55. The molecule has 82 valence electrons. The molecule has 1 saturated heterocycles. The van der Waals surface area contributed by atoms with Gasteiger partial charge in [0.25, 0.3) is 0 Å². The highest BCUT2D eigenvalue weighted by Gasteiger charge is 2.35. The Morgan fingerprint density at radius 1 is 1.33 bits per heavy atom. The van der Waals surface area contributed by atoms with E-state index in [2.05, 4.69) is 5.32 Å². The van der Waals surface area contributed by atoms with Crippen molar-refractivity contribution in [2.24, 2.45) is 0 Å². The van der Waals surface area contributed by atoms with Crippen LogP contribution >= 0.6 is 23.2 Å². The summed E-state index contributed by atoms with van der Waals surface area (Å²) in [7, 11) is 0.